The molecule has 0 radical (unpaired) electrons. The second-order valence-corrected chi connectivity index (χ2v) is 13.7. The number of rotatable bonds is 6. The van der Waals surface area contributed by atoms with Gasteiger partial charge in [0.2, 0.25) is 0 Å². The highest BCUT2D eigenvalue weighted by Gasteiger charge is 2.24. The van der Waals surface area contributed by atoms with E-state index >= 15 is 0 Å². The first-order valence-electron chi connectivity index (χ1n) is 18.5. The zero-order chi connectivity index (χ0) is 37.0. The maximum Gasteiger partial charge on any atom is 0.186 e. The third-order valence-corrected chi connectivity index (χ3v) is 10.3. The molecule has 7 aromatic carbocycles. The van der Waals surface area contributed by atoms with Crippen molar-refractivity contribution in [2.24, 2.45) is 0 Å². The van der Waals surface area contributed by atoms with Crippen LogP contribution in [0.1, 0.15) is 0 Å². The predicted octanol–water partition coefficient (Wildman–Crippen LogP) is 12.0. The van der Waals surface area contributed by atoms with E-state index in [1.807, 2.05) is 78.9 Å². The van der Waals surface area contributed by atoms with Crippen molar-refractivity contribution < 1.29 is 4.42 Å². The van der Waals surface area contributed by atoms with Gasteiger partial charge in [0.1, 0.15) is 11.1 Å². The fraction of sp³-hybridized carbons (Fsp3) is 0. The Morgan fingerprint density at radius 1 is 0.375 bits per heavy atom. The normalized spacial score (nSPS) is 11.6. The number of para-hydroxylation sites is 3. The third kappa shape index (κ3) is 5.25. The molecule has 4 aromatic heterocycles. The molecule has 0 spiro atoms. The predicted molar refractivity (Wildman–Crippen MR) is 224 cm³/mol. The van der Waals surface area contributed by atoms with Gasteiger partial charge < -0.3 is 8.98 Å². The summed E-state index contributed by atoms with van der Waals surface area (Å²) in [7, 11) is 0. The number of benzene rings is 7. The molecule has 0 unspecified atom stereocenters. The van der Waals surface area contributed by atoms with E-state index in [9.17, 15) is 0 Å². The zero-order valence-corrected chi connectivity index (χ0v) is 29.9. The minimum absolute atomic E-state index is 0.396. The SMILES string of the molecule is c1ccc(-c2ccc(-c3nc(-c4ccccc4)nc(-c4nc(-c5cccc6c5c5ccccc5n6-c5ccccc5)nc5c4oc4ccccc45)n3)cc2)cc1. The number of fused-ring (bicyclic) bond motifs is 6. The molecule has 0 amide bonds. The van der Waals surface area contributed by atoms with E-state index < -0.39 is 0 Å². The second kappa shape index (κ2) is 13.0. The highest BCUT2D eigenvalue weighted by atomic mass is 16.3. The zero-order valence-electron chi connectivity index (χ0n) is 29.9. The molecule has 0 aliphatic heterocycles. The van der Waals surface area contributed by atoms with Crippen LogP contribution >= 0.6 is 0 Å². The van der Waals surface area contributed by atoms with Gasteiger partial charge in [-0.15, -0.1) is 0 Å². The van der Waals surface area contributed by atoms with Crippen LogP contribution in [-0.4, -0.2) is 29.5 Å². The first-order valence-corrected chi connectivity index (χ1v) is 18.5. The van der Waals surface area contributed by atoms with Gasteiger partial charge in [-0.25, -0.2) is 24.9 Å². The molecule has 4 heterocycles. The van der Waals surface area contributed by atoms with Gasteiger partial charge in [0.05, 0.1) is 11.0 Å². The van der Waals surface area contributed by atoms with Crippen LogP contribution in [0.15, 0.2) is 186 Å². The van der Waals surface area contributed by atoms with Crippen LogP contribution in [-0.2, 0) is 0 Å². The molecule has 0 saturated heterocycles. The standard InChI is InChI=1S/C49H30N6O/c1-4-15-31(16-5-1)32-27-29-34(30-28-32)47-52-46(33-17-6-2-7-18-33)53-49(54-47)44-45-43(37-22-11-13-26-41(37)56-45)50-48(51-44)38-23-14-25-40-42(38)36-21-10-12-24-39(36)55(40)35-19-8-3-9-20-35/h1-30H. The van der Waals surface area contributed by atoms with Crippen LogP contribution in [0.3, 0.4) is 0 Å². The molecule has 0 saturated carbocycles. The van der Waals surface area contributed by atoms with Crippen LogP contribution in [0.5, 0.6) is 0 Å². The Morgan fingerprint density at radius 2 is 0.929 bits per heavy atom. The highest BCUT2D eigenvalue weighted by Crippen LogP contribution is 2.40. The minimum atomic E-state index is 0.396. The molecule has 0 atom stereocenters. The van der Waals surface area contributed by atoms with Crippen molar-refractivity contribution in [3.05, 3.63) is 182 Å². The van der Waals surface area contributed by atoms with Gasteiger partial charge in [-0.1, -0.05) is 146 Å². The molecule has 7 heteroatoms. The molecule has 11 rings (SSSR count). The van der Waals surface area contributed by atoms with Crippen molar-refractivity contribution in [3.63, 3.8) is 0 Å². The molecule has 11 aromatic rings. The molecule has 56 heavy (non-hydrogen) atoms. The fourth-order valence-electron chi connectivity index (χ4n) is 7.69. The van der Waals surface area contributed by atoms with Gasteiger partial charge in [0.25, 0.3) is 0 Å². The first kappa shape index (κ1) is 31.7. The van der Waals surface area contributed by atoms with E-state index in [4.69, 9.17) is 29.3 Å². The largest absolute Gasteiger partial charge is 0.452 e. The number of nitrogens with zero attached hydrogens (tertiary/aromatic N) is 6. The van der Waals surface area contributed by atoms with Crippen LogP contribution in [0.4, 0.5) is 0 Å². The maximum atomic E-state index is 6.57. The summed E-state index contributed by atoms with van der Waals surface area (Å²) in [6.45, 7) is 0. The highest BCUT2D eigenvalue weighted by molar-refractivity contribution is 6.16. The van der Waals surface area contributed by atoms with E-state index in [2.05, 4.69) is 108 Å². The number of aromatic nitrogens is 6. The molecule has 0 aliphatic rings. The quantitative estimate of drug-likeness (QED) is 0.170. The molecule has 262 valence electrons. The van der Waals surface area contributed by atoms with E-state index in [0.29, 0.717) is 45.7 Å². The number of furan rings is 1. The van der Waals surface area contributed by atoms with Gasteiger partial charge in [-0.2, -0.15) is 0 Å². The summed E-state index contributed by atoms with van der Waals surface area (Å²) in [6.07, 6.45) is 0. The smallest absolute Gasteiger partial charge is 0.186 e. The molecule has 0 bridgehead atoms. The molecule has 0 N–H and O–H groups in total. The summed E-state index contributed by atoms with van der Waals surface area (Å²) in [5, 5.41) is 3.06. The summed E-state index contributed by atoms with van der Waals surface area (Å²) in [5.74, 6) is 2.02. The van der Waals surface area contributed by atoms with Gasteiger partial charge >= 0.3 is 0 Å². The Balaban J connectivity index is 1.17. The summed E-state index contributed by atoms with van der Waals surface area (Å²) in [5.41, 5.74) is 10.5. The Morgan fingerprint density at radius 3 is 1.68 bits per heavy atom. The van der Waals surface area contributed by atoms with Gasteiger partial charge in [-0.3, -0.25) is 0 Å². The Kier molecular flexibility index (Phi) is 7.35. The summed E-state index contributed by atoms with van der Waals surface area (Å²) in [6, 6.07) is 61.8. The van der Waals surface area contributed by atoms with E-state index in [0.717, 1.165) is 60.7 Å². The van der Waals surface area contributed by atoms with Crippen molar-refractivity contribution in [2.45, 2.75) is 0 Å². The van der Waals surface area contributed by atoms with Gasteiger partial charge in [0.15, 0.2) is 34.6 Å². The second-order valence-electron chi connectivity index (χ2n) is 13.7. The monoisotopic (exact) mass is 718 g/mol. The molecule has 0 fully saturated rings. The van der Waals surface area contributed by atoms with Crippen LogP contribution in [0.2, 0.25) is 0 Å². The lowest BCUT2D eigenvalue weighted by atomic mass is 10.0. The molecular weight excluding hydrogens is 689 g/mol. The van der Waals surface area contributed by atoms with Gasteiger partial charge in [0, 0.05) is 38.5 Å². The number of hydrogen-bond donors (Lipinski definition) is 0. The van der Waals surface area contributed by atoms with E-state index in [1.54, 1.807) is 0 Å². The third-order valence-electron chi connectivity index (χ3n) is 10.3. The summed E-state index contributed by atoms with van der Waals surface area (Å²) in [4.78, 5) is 25.9. The fourth-order valence-corrected chi connectivity index (χ4v) is 7.69. The lowest BCUT2D eigenvalue weighted by molar-refractivity contribution is 0.666. The minimum Gasteiger partial charge on any atom is -0.452 e. The average Bonchev–Trinajstić information content (AvgIpc) is 3.83. The van der Waals surface area contributed by atoms with Crippen molar-refractivity contribution in [2.75, 3.05) is 0 Å². The van der Waals surface area contributed by atoms with Crippen LogP contribution in [0.25, 0.3) is 106 Å². The topological polar surface area (TPSA) is 82.5 Å². The van der Waals surface area contributed by atoms with Crippen molar-refractivity contribution in [3.8, 4) is 62.5 Å². The summed E-state index contributed by atoms with van der Waals surface area (Å²) >= 11 is 0. The molecular formula is C49H30N6O. The van der Waals surface area contributed by atoms with Crippen LogP contribution in [0, 0.1) is 0 Å². The van der Waals surface area contributed by atoms with E-state index in [1.165, 1.54) is 0 Å². The van der Waals surface area contributed by atoms with Crippen molar-refractivity contribution >= 4 is 43.9 Å². The van der Waals surface area contributed by atoms with E-state index in [-0.39, 0.29) is 0 Å². The van der Waals surface area contributed by atoms with Gasteiger partial charge in [-0.05, 0) is 47.5 Å². The number of hydrogen-bond acceptors (Lipinski definition) is 6. The summed E-state index contributed by atoms with van der Waals surface area (Å²) < 4.78 is 8.87. The Labute approximate surface area is 321 Å². The van der Waals surface area contributed by atoms with Crippen LogP contribution < -0.4 is 0 Å². The Hall–Kier alpha value is -7.77. The Bertz CT molecular complexity index is 3230. The van der Waals surface area contributed by atoms with Crippen molar-refractivity contribution in [1.82, 2.24) is 29.5 Å². The lowest BCUT2D eigenvalue weighted by Crippen LogP contribution is -2.03. The average molecular weight is 719 g/mol. The maximum absolute atomic E-state index is 6.57. The molecule has 7 nitrogen and oxygen atoms in total. The molecule has 0 aliphatic carbocycles. The lowest BCUT2D eigenvalue weighted by Gasteiger charge is -2.11. The first-order chi connectivity index (χ1) is 27.8. The van der Waals surface area contributed by atoms with Crippen molar-refractivity contribution in [1.29, 1.82) is 0 Å².